The molecular formula is C15H24N4O. The lowest BCUT2D eigenvalue weighted by Crippen LogP contribution is -2.42. The van der Waals surface area contributed by atoms with Gasteiger partial charge in [0, 0.05) is 24.3 Å². The zero-order valence-corrected chi connectivity index (χ0v) is 12.5. The summed E-state index contributed by atoms with van der Waals surface area (Å²) in [6.07, 6.45) is 2.38. The number of pyridine rings is 1. The third-order valence-electron chi connectivity index (χ3n) is 3.75. The zero-order valence-electron chi connectivity index (χ0n) is 12.5. The van der Waals surface area contributed by atoms with Crippen molar-refractivity contribution in [1.82, 2.24) is 10.3 Å². The Bertz CT molecular complexity index is 481. The van der Waals surface area contributed by atoms with Gasteiger partial charge in [0.25, 0.3) is 5.91 Å². The minimum atomic E-state index is -0.419. The molecule has 1 amide bonds. The van der Waals surface area contributed by atoms with Crippen LogP contribution in [0.4, 0.5) is 5.82 Å². The fourth-order valence-corrected chi connectivity index (χ4v) is 2.65. The number of hydrogen-bond donors (Lipinski definition) is 2. The number of aromatic nitrogens is 1. The van der Waals surface area contributed by atoms with Crippen LogP contribution >= 0.6 is 0 Å². The Morgan fingerprint density at radius 2 is 2.30 bits per heavy atom. The van der Waals surface area contributed by atoms with Crippen molar-refractivity contribution in [3.63, 3.8) is 0 Å². The normalized spacial score (nSPS) is 18.5. The minimum absolute atomic E-state index is 0.268. The van der Waals surface area contributed by atoms with E-state index in [4.69, 9.17) is 5.73 Å². The van der Waals surface area contributed by atoms with Gasteiger partial charge >= 0.3 is 0 Å². The Balaban J connectivity index is 2.32. The molecule has 0 spiro atoms. The van der Waals surface area contributed by atoms with Crippen molar-refractivity contribution in [2.75, 3.05) is 18.0 Å². The number of nitrogens with two attached hydrogens (primary N) is 1. The molecule has 5 heteroatoms. The first-order valence-electron chi connectivity index (χ1n) is 7.26. The number of aryl methyl sites for hydroxylation is 1. The van der Waals surface area contributed by atoms with E-state index in [1.54, 1.807) is 6.07 Å². The predicted octanol–water partition coefficient (Wildman–Crippen LogP) is 1.46. The van der Waals surface area contributed by atoms with E-state index in [9.17, 15) is 4.79 Å². The van der Waals surface area contributed by atoms with Crippen LogP contribution in [0.5, 0.6) is 0 Å². The van der Waals surface area contributed by atoms with Gasteiger partial charge in [0.1, 0.15) is 5.82 Å². The average Bonchev–Trinajstić information content (AvgIpc) is 2.87. The van der Waals surface area contributed by atoms with Gasteiger partial charge in [-0.25, -0.2) is 4.98 Å². The first kappa shape index (κ1) is 14.8. The molecule has 1 aromatic rings. The highest BCUT2D eigenvalue weighted by Crippen LogP contribution is 2.22. The quantitative estimate of drug-likeness (QED) is 0.854. The largest absolute Gasteiger partial charge is 0.365 e. The number of nitrogens with zero attached hydrogens (tertiary/aromatic N) is 2. The second kappa shape index (κ2) is 6.22. The van der Waals surface area contributed by atoms with E-state index in [0.29, 0.717) is 17.4 Å². The summed E-state index contributed by atoms with van der Waals surface area (Å²) in [5.41, 5.74) is 6.89. The van der Waals surface area contributed by atoms with Crippen molar-refractivity contribution in [2.45, 2.75) is 45.7 Å². The van der Waals surface area contributed by atoms with E-state index in [1.807, 2.05) is 13.0 Å². The molecule has 0 bridgehead atoms. The second-order valence-electron chi connectivity index (χ2n) is 5.73. The molecular weight excluding hydrogens is 252 g/mol. The molecule has 5 nitrogen and oxygen atoms in total. The van der Waals surface area contributed by atoms with Crippen LogP contribution in [0.3, 0.4) is 0 Å². The number of rotatable bonds is 5. The monoisotopic (exact) mass is 276 g/mol. The molecule has 2 rings (SSSR count). The number of anilines is 1. The number of carbonyl (C=O) groups excluding carboxylic acids is 1. The summed E-state index contributed by atoms with van der Waals surface area (Å²) in [7, 11) is 0. The summed E-state index contributed by atoms with van der Waals surface area (Å²) in [4.78, 5) is 18.4. The van der Waals surface area contributed by atoms with Crippen LogP contribution in [-0.4, -0.2) is 36.1 Å². The lowest BCUT2D eigenvalue weighted by molar-refractivity contribution is 0.100. The Morgan fingerprint density at radius 3 is 2.85 bits per heavy atom. The van der Waals surface area contributed by atoms with Crippen LogP contribution in [0.25, 0.3) is 0 Å². The maximum absolute atomic E-state index is 11.6. The molecule has 0 saturated carbocycles. The first-order valence-corrected chi connectivity index (χ1v) is 7.26. The van der Waals surface area contributed by atoms with Crippen molar-refractivity contribution < 1.29 is 4.79 Å². The van der Waals surface area contributed by atoms with Gasteiger partial charge in [-0.15, -0.1) is 0 Å². The fourth-order valence-electron chi connectivity index (χ4n) is 2.65. The Morgan fingerprint density at radius 1 is 1.55 bits per heavy atom. The second-order valence-corrected chi connectivity index (χ2v) is 5.73. The van der Waals surface area contributed by atoms with Gasteiger partial charge in [0.15, 0.2) is 0 Å². The van der Waals surface area contributed by atoms with E-state index in [1.165, 1.54) is 12.8 Å². The van der Waals surface area contributed by atoms with E-state index < -0.39 is 5.91 Å². The molecule has 2 heterocycles. The van der Waals surface area contributed by atoms with Gasteiger partial charge in [-0.2, -0.15) is 0 Å². The first-order chi connectivity index (χ1) is 9.49. The summed E-state index contributed by atoms with van der Waals surface area (Å²) in [5.74, 6) is 0.290. The molecule has 1 aliphatic rings. The number of amides is 1. The molecule has 1 aromatic heterocycles. The third-order valence-corrected chi connectivity index (χ3v) is 3.75. The molecule has 1 saturated heterocycles. The lowest BCUT2D eigenvalue weighted by Gasteiger charge is -2.32. The van der Waals surface area contributed by atoms with Gasteiger partial charge in [-0.1, -0.05) is 0 Å². The highest BCUT2D eigenvalue weighted by atomic mass is 16.1. The maximum Gasteiger partial charge on any atom is 0.252 e. The maximum atomic E-state index is 11.6. The van der Waals surface area contributed by atoms with Crippen LogP contribution in [0.15, 0.2) is 12.1 Å². The molecule has 3 N–H and O–H groups in total. The molecule has 110 valence electrons. The van der Waals surface area contributed by atoms with Crippen LogP contribution in [0.1, 0.15) is 42.7 Å². The number of nitrogens with one attached hydrogen (secondary N) is 1. The van der Waals surface area contributed by atoms with Crippen molar-refractivity contribution in [1.29, 1.82) is 0 Å². The average molecular weight is 276 g/mol. The topological polar surface area (TPSA) is 71.2 Å². The summed E-state index contributed by atoms with van der Waals surface area (Å²) in [5, 5.41) is 3.49. The molecule has 1 atom stereocenters. The Kier molecular flexibility index (Phi) is 4.60. The minimum Gasteiger partial charge on any atom is -0.365 e. The lowest BCUT2D eigenvalue weighted by atomic mass is 10.1. The van der Waals surface area contributed by atoms with Crippen molar-refractivity contribution in [3.05, 3.63) is 23.4 Å². The van der Waals surface area contributed by atoms with Crippen molar-refractivity contribution in [2.24, 2.45) is 5.73 Å². The van der Waals surface area contributed by atoms with Gasteiger partial charge in [0.2, 0.25) is 0 Å². The molecule has 0 aliphatic carbocycles. The zero-order chi connectivity index (χ0) is 14.7. The van der Waals surface area contributed by atoms with E-state index >= 15 is 0 Å². The van der Waals surface area contributed by atoms with Crippen LogP contribution in [0, 0.1) is 6.92 Å². The number of hydrogen-bond acceptors (Lipinski definition) is 4. The molecule has 0 aromatic carbocycles. The fraction of sp³-hybridized carbons (Fsp3) is 0.600. The van der Waals surface area contributed by atoms with E-state index in [0.717, 1.165) is 18.8 Å². The molecule has 0 radical (unpaired) electrons. The third kappa shape index (κ3) is 3.28. The van der Waals surface area contributed by atoms with Gasteiger partial charge in [0.05, 0.1) is 5.56 Å². The van der Waals surface area contributed by atoms with Crippen LogP contribution < -0.4 is 16.0 Å². The highest BCUT2D eigenvalue weighted by molar-refractivity contribution is 5.97. The summed E-state index contributed by atoms with van der Waals surface area (Å²) < 4.78 is 0. The van der Waals surface area contributed by atoms with E-state index in [-0.39, 0.29) is 6.04 Å². The predicted molar refractivity (Wildman–Crippen MR) is 81.0 cm³/mol. The van der Waals surface area contributed by atoms with Crippen molar-refractivity contribution >= 4 is 11.7 Å². The molecule has 1 unspecified atom stereocenters. The summed E-state index contributed by atoms with van der Waals surface area (Å²) in [6, 6.07) is 4.33. The van der Waals surface area contributed by atoms with E-state index in [2.05, 4.69) is 29.0 Å². The number of carbonyl (C=O) groups is 1. The van der Waals surface area contributed by atoms with Gasteiger partial charge in [-0.3, -0.25) is 4.79 Å². The Labute approximate surface area is 120 Å². The Hall–Kier alpha value is -1.62. The van der Waals surface area contributed by atoms with Crippen molar-refractivity contribution in [3.8, 4) is 0 Å². The van der Waals surface area contributed by atoms with Gasteiger partial charge in [-0.05, 0) is 52.3 Å². The SMILES string of the molecule is Cc1ccc(C(N)=O)c(N(CC2CCCN2)C(C)C)n1. The van der Waals surface area contributed by atoms with Gasteiger partial charge < -0.3 is 16.0 Å². The molecule has 1 fully saturated rings. The summed E-state index contributed by atoms with van der Waals surface area (Å²) in [6.45, 7) is 8.09. The molecule has 20 heavy (non-hydrogen) atoms. The number of primary amides is 1. The highest BCUT2D eigenvalue weighted by Gasteiger charge is 2.24. The summed E-state index contributed by atoms with van der Waals surface area (Å²) >= 11 is 0. The standard InChI is InChI=1S/C15H24N4O/c1-10(2)19(9-12-5-4-8-17-12)15-13(14(16)20)7-6-11(3)18-15/h6-7,10,12,17H,4-5,8-9H2,1-3H3,(H2,16,20). The smallest absolute Gasteiger partial charge is 0.252 e. The molecule has 1 aliphatic heterocycles. The van der Waals surface area contributed by atoms with Crippen LogP contribution in [0.2, 0.25) is 0 Å². The van der Waals surface area contributed by atoms with Crippen LogP contribution in [-0.2, 0) is 0 Å².